The number of primary sulfonamides is 1. The monoisotopic (exact) mass is 411 g/mol. The molecule has 0 fully saturated rings. The highest BCUT2D eigenvalue weighted by Crippen LogP contribution is 2.14. The minimum atomic E-state index is -3.95. The smallest absolute Gasteiger partial charge is 0.241 e. The topological polar surface area (TPSA) is 135 Å². The van der Waals surface area contributed by atoms with Crippen molar-refractivity contribution >= 4 is 26.0 Å². The highest BCUT2D eigenvalue weighted by Gasteiger charge is 2.17. The van der Waals surface area contributed by atoms with Crippen LogP contribution in [0.2, 0.25) is 0 Å². The van der Waals surface area contributed by atoms with Gasteiger partial charge in [-0.25, -0.2) is 26.7 Å². The van der Waals surface area contributed by atoms with Crippen molar-refractivity contribution in [3.63, 3.8) is 0 Å². The van der Waals surface area contributed by atoms with Crippen LogP contribution in [0.3, 0.4) is 0 Å². The molecule has 8 nitrogen and oxygen atoms in total. The molecule has 0 unspecified atom stereocenters. The van der Waals surface area contributed by atoms with Gasteiger partial charge in [-0.3, -0.25) is 4.79 Å². The SMILES string of the molecule is C[C@@H](CNC(=O)CNS(=O)(=O)c1ccc(S(N)(=O)=O)cc1)c1ccccc1. The maximum absolute atomic E-state index is 12.2. The Kier molecular flexibility index (Phi) is 6.71. The van der Waals surface area contributed by atoms with Gasteiger partial charge >= 0.3 is 0 Å². The lowest BCUT2D eigenvalue weighted by atomic mass is 10.0. The number of nitrogens with two attached hydrogens (primary N) is 1. The zero-order valence-corrected chi connectivity index (χ0v) is 16.3. The number of sulfonamides is 2. The zero-order valence-electron chi connectivity index (χ0n) is 14.6. The zero-order chi connectivity index (χ0) is 20.1. The molecule has 27 heavy (non-hydrogen) atoms. The Morgan fingerprint density at radius 2 is 1.52 bits per heavy atom. The van der Waals surface area contributed by atoms with Gasteiger partial charge in [-0.05, 0) is 35.7 Å². The molecule has 0 aliphatic carbocycles. The van der Waals surface area contributed by atoms with Crippen LogP contribution in [0.25, 0.3) is 0 Å². The molecular formula is C17H21N3O5S2. The van der Waals surface area contributed by atoms with Gasteiger partial charge in [0.1, 0.15) is 0 Å². The van der Waals surface area contributed by atoms with Crippen molar-refractivity contribution in [2.24, 2.45) is 5.14 Å². The molecule has 1 amide bonds. The third-order valence-electron chi connectivity index (χ3n) is 3.86. The van der Waals surface area contributed by atoms with Crippen molar-refractivity contribution in [3.8, 4) is 0 Å². The molecule has 0 saturated carbocycles. The summed E-state index contributed by atoms with van der Waals surface area (Å²) in [6.45, 7) is 1.89. The van der Waals surface area contributed by atoms with Crippen LogP contribution >= 0.6 is 0 Å². The van der Waals surface area contributed by atoms with Gasteiger partial charge in [-0.1, -0.05) is 37.3 Å². The third-order valence-corrected chi connectivity index (χ3v) is 6.21. The van der Waals surface area contributed by atoms with E-state index in [0.717, 1.165) is 29.8 Å². The average molecular weight is 412 g/mol. The van der Waals surface area contributed by atoms with Gasteiger partial charge in [0.15, 0.2) is 0 Å². The van der Waals surface area contributed by atoms with Crippen LogP contribution < -0.4 is 15.2 Å². The first kappa shape index (κ1) is 21.0. The Morgan fingerprint density at radius 3 is 2.07 bits per heavy atom. The molecule has 0 heterocycles. The highest BCUT2D eigenvalue weighted by molar-refractivity contribution is 7.89. The summed E-state index contributed by atoms with van der Waals surface area (Å²) in [7, 11) is -7.86. The minimum Gasteiger partial charge on any atom is -0.354 e. The van der Waals surface area contributed by atoms with Crippen LogP contribution in [0.5, 0.6) is 0 Å². The summed E-state index contributed by atoms with van der Waals surface area (Å²) in [4.78, 5) is 11.5. The Morgan fingerprint density at radius 1 is 0.963 bits per heavy atom. The third kappa shape index (κ3) is 6.14. The Hall–Kier alpha value is -2.27. The standard InChI is InChI=1S/C17H21N3O5S2/c1-13(14-5-3-2-4-6-14)11-19-17(21)12-20-27(24,25)16-9-7-15(8-10-16)26(18,22)23/h2-10,13,20H,11-12H2,1H3,(H,19,21)(H2,18,22,23)/t13-/m0/s1. The Bertz CT molecular complexity index is 989. The van der Waals surface area contributed by atoms with Crippen LogP contribution in [0.4, 0.5) is 0 Å². The number of nitrogens with one attached hydrogen (secondary N) is 2. The molecule has 0 aliphatic heterocycles. The molecule has 0 aliphatic rings. The van der Waals surface area contributed by atoms with E-state index in [0.29, 0.717) is 6.54 Å². The number of carbonyl (C=O) groups is 1. The van der Waals surface area contributed by atoms with Gasteiger partial charge in [0.25, 0.3) is 0 Å². The molecule has 0 spiro atoms. The first-order chi connectivity index (χ1) is 12.6. The first-order valence-corrected chi connectivity index (χ1v) is 11.1. The van der Waals surface area contributed by atoms with Crippen molar-refractivity contribution in [2.75, 3.05) is 13.1 Å². The summed E-state index contributed by atoms with van der Waals surface area (Å²) in [5.41, 5.74) is 1.06. The fourth-order valence-corrected chi connectivity index (χ4v) is 3.78. The lowest BCUT2D eigenvalue weighted by Gasteiger charge is -2.13. The molecule has 146 valence electrons. The highest BCUT2D eigenvalue weighted by atomic mass is 32.2. The fourth-order valence-electron chi connectivity index (χ4n) is 2.28. The number of rotatable bonds is 8. The van der Waals surface area contributed by atoms with Crippen molar-refractivity contribution in [3.05, 3.63) is 60.2 Å². The van der Waals surface area contributed by atoms with E-state index in [1.165, 1.54) is 0 Å². The van der Waals surface area contributed by atoms with E-state index < -0.39 is 32.5 Å². The van der Waals surface area contributed by atoms with Gasteiger partial charge in [-0.2, -0.15) is 0 Å². The number of hydrogen-bond acceptors (Lipinski definition) is 5. The molecule has 2 aromatic rings. The summed E-state index contributed by atoms with van der Waals surface area (Å²) in [6.07, 6.45) is 0. The van der Waals surface area contributed by atoms with E-state index in [4.69, 9.17) is 5.14 Å². The Balaban J connectivity index is 1.90. The molecular weight excluding hydrogens is 390 g/mol. The normalized spacial score (nSPS) is 13.1. The van der Waals surface area contributed by atoms with Crippen molar-refractivity contribution in [2.45, 2.75) is 22.6 Å². The quantitative estimate of drug-likeness (QED) is 0.582. The average Bonchev–Trinajstić information content (AvgIpc) is 2.64. The molecule has 0 bridgehead atoms. The van der Waals surface area contributed by atoms with Crippen LogP contribution in [0.1, 0.15) is 18.4 Å². The molecule has 0 aromatic heterocycles. The van der Waals surface area contributed by atoms with E-state index in [2.05, 4.69) is 10.0 Å². The minimum absolute atomic E-state index is 0.0810. The summed E-state index contributed by atoms with van der Waals surface area (Å²) in [6, 6.07) is 14.0. The summed E-state index contributed by atoms with van der Waals surface area (Å²) in [5, 5.41) is 7.64. The van der Waals surface area contributed by atoms with Crippen LogP contribution in [-0.2, 0) is 24.8 Å². The lowest BCUT2D eigenvalue weighted by molar-refractivity contribution is -0.120. The summed E-state index contributed by atoms with van der Waals surface area (Å²) in [5.74, 6) is -0.389. The predicted octanol–water partition coefficient (Wildman–Crippen LogP) is 0.532. The molecule has 1 atom stereocenters. The molecule has 2 rings (SSSR count). The molecule has 4 N–H and O–H groups in total. The molecule has 10 heteroatoms. The van der Waals surface area contributed by atoms with E-state index in [1.54, 1.807) is 0 Å². The van der Waals surface area contributed by atoms with Crippen LogP contribution in [0.15, 0.2) is 64.4 Å². The van der Waals surface area contributed by atoms with Gasteiger partial charge in [0.05, 0.1) is 16.3 Å². The van der Waals surface area contributed by atoms with Gasteiger partial charge in [0, 0.05) is 6.54 Å². The second-order valence-corrected chi connectivity index (χ2v) is 9.29. The number of hydrogen-bond donors (Lipinski definition) is 3. The number of carbonyl (C=O) groups excluding carboxylic acids is 1. The van der Waals surface area contributed by atoms with Gasteiger partial charge in [0.2, 0.25) is 26.0 Å². The first-order valence-electron chi connectivity index (χ1n) is 8.04. The second kappa shape index (κ2) is 8.61. The molecule has 2 aromatic carbocycles. The maximum atomic E-state index is 12.2. The van der Waals surface area contributed by atoms with Crippen LogP contribution in [-0.4, -0.2) is 35.8 Å². The molecule has 0 saturated heterocycles. The number of benzene rings is 2. The lowest BCUT2D eigenvalue weighted by Crippen LogP contribution is -2.38. The Labute approximate surface area is 158 Å². The van der Waals surface area contributed by atoms with Crippen molar-refractivity contribution in [1.29, 1.82) is 0 Å². The van der Waals surface area contributed by atoms with E-state index in [-0.39, 0.29) is 15.7 Å². The van der Waals surface area contributed by atoms with E-state index >= 15 is 0 Å². The molecule has 0 radical (unpaired) electrons. The summed E-state index contributed by atoms with van der Waals surface area (Å²) >= 11 is 0. The van der Waals surface area contributed by atoms with Crippen LogP contribution in [0, 0.1) is 0 Å². The summed E-state index contributed by atoms with van der Waals surface area (Å²) < 4.78 is 48.9. The van der Waals surface area contributed by atoms with E-state index in [1.807, 2.05) is 37.3 Å². The predicted molar refractivity (Wildman–Crippen MR) is 101 cm³/mol. The second-order valence-electron chi connectivity index (χ2n) is 5.96. The van der Waals surface area contributed by atoms with Gasteiger partial charge in [-0.15, -0.1) is 0 Å². The fraction of sp³-hybridized carbons (Fsp3) is 0.235. The maximum Gasteiger partial charge on any atom is 0.241 e. The van der Waals surface area contributed by atoms with Crippen molar-refractivity contribution < 1.29 is 21.6 Å². The van der Waals surface area contributed by atoms with E-state index in [9.17, 15) is 21.6 Å². The van der Waals surface area contributed by atoms with Crippen molar-refractivity contribution in [1.82, 2.24) is 10.0 Å². The van der Waals surface area contributed by atoms with Gasteiger partial charge < -0.3 is 5.32 Å². The largest absolute Gasteiger partial charge is 0.354 e. The number of amides is 1.